The normalized spacial score (nSPS) is 16.0. The van der Waals surface area contributed by atoms with Crippen molar-refractivity contribution in [3.63, 3.8) is 0 Å². The fourth-order valence-corrected chi connectivity index (χ4v) is 3.69. The van der Waals surface area contributed by atoms with Gasteiger partial charge < -0.3 is 20.3 Å². The minimum Gasteiger partial charge on any atom is -0.453 e. The number of methoxy groups -OCH3 is 1. The number of halogens is 1. The maximum atomic E-state index is 15.2. The highest BCUT2D eigenvalue weighted by Crippen LogP contribution is 2.22. The number of hydrogen-bond acceptors (Lipinski definition) is 6. The van der Waals surface area contributed by atoms with Crippen LogP contribution in [0.1, 0.15) is 11.3 Å². The molecule has 0 radical (unpaired) electrons. The van der Waals surface area contributed by atoms with Crippen molar-refractivity contribution in [3.05, 3.63) is 53.6 Å². The molecular weight excluding hydrogens is 443 g/mol. The molecule has 2 N–H and O–H groups in total. The number of benzene rings is 1. The fourth-order valence-electron chi connectivity index (χ4n) is 3.69. The number of carbonyl (C=O) groups excluding carboxylic acids is 3. The van der Waals surface area contributed by atoms with Crippen LogP contribution in [-0.2, 0) is 16.1 Å². The fraction of sp³-hybridized carbons (Fsp3) is 0.391. The number of rotatable bonds is 5. The van der Waals surface area contributed by atoms with Crippen molar-refractivity contribution in [2.75, 3.05) is 51.5 Å². The summed E-state index contributed by atoms with van der Waals surface area (Å²) in [6, 6.07) is 6.87. The molecule has 11 heteroatoms. The molecular formula is C23H29FN6O4. The molecule has 182 valence electrons. The number of hydrogen-bond donors (Lipinski definition) is 2. The molecule has 0 unspecified atom stereocenters. The summed E-state index contributed by atoms with van der Waals surface area (Å²) >= 11 is 0. The van der Waals surface area contributed by atoms with Crippen LogP contribution in [-0.4, -0.2) is 84.6 Å². The van der Waals surface area contributed by atoms with Gasteiger partial charge in [-0.05, 0) is 25.1 Å². The Bertz CT molecular complexity index is 1050. The number of nitrogens with one attached hydrogen (secondary N) is 2. The lowest BCUT2D eigenvalue weighted by molar-refractivity contribution is -0.136. The van der Waals surface area contributed by atoms with E-state index in [0.29, 0.717) is 17.8 Å². The first-order valence-electron chi connectivity index (χ1n) is 10.8. The van der Waals surface area contributed by atoms with Crippen LogP contribution in [0.5, 0.6) is 0 Å². The highest BCUT2D eigenvalue weighted by atomic mass is 19.1. The van der Waals surface area contributed by atoms with Gasteiger partial charge in [-0.2, -0.15) is 0 Å². The number of amides is 4. The summed E-state index contributed by atoms with van der Waals surface area (Å²) in [7, 11) is 4.50. The van der Waals surface area contributed by atoms with Crippen molar-refractivity contribution < 1.29 is 23.5 Å². The van der Waals surface area contributed by atoms with Gasteiger partial charge in [-0.25, -0.2) is 14.0 Å². The van der Waals surface area contributed by atoms with Crippen LogP contribution in [0.25, 0.3) is 0 Å². The van der Waals surface area contributed by atoms with Crippen LogP contribution in [0, 0.1) is 12.7 Å². The van der Waals surface area contributed by atoms with Gasteiger partial charge in [0.05, 0.1) is 24.7 Å². The van der Waals surface area contributed by atoms with E-state index in [9.17, 15) is 14.4 Å². The van der Waals surface area contributed by atoms with Crippen molar-refractivity contribution in [2.45, 2.75) is 19.5 Å². The zero-order valence-corrected chi connectivity index (χ0v) is 19.7. The SMILES string of the molecule is COC(=O)N1CCN(Cc2cccc(NC(=O)Nc3ccc(C)nc3)c2F)C[C@H]1C(=O)N(C)C. The van der Waals surface area contributed by atoms with E-state index < -0.39 is 24.0 Å². The van der Waals surface area contributed by atoms with Gasteiger partial charge in [0.2, 0.25) is 5.91 Å². The number of carbonyl (C=O) groups is 3. The molecule has 1 fully saturated rings. The largest absolute Gasteiger partial charge is 0.453 e. The second-order valence-electron chi connectivity index (χ2n) is 8.19. The number of piperazine rings is 1. The average Bonchev–Trinajstić information content (AvgIpc) is 2.82. The first-order chi connectivity index (χ1) is 16.2. The lowest BCUT2D eigenvalue weighted by Crippen LogP contribution is -2.60. The molecule has 0 spiro atoms. The maximum Gasteiger partial charge on any atom is 0.410 e. The molecule has 0 aliphatic carbocycles. The number of ether oxygens (including phenoxy) is 1. The van der Waals surface area contributed by atoms with E-state index in [2.05, 4.69) is 15.6 Å². The Morgan fingerprint density at radius 2 is 1.94 bits per heavy atom. The number of anilines is 2. The van der Waals surface area contributed by atoms with Crippen molar-refractivity contribution in [2.24, 2.45) is 0 Å². The Labute approximate surface area is 197 Å². The van der Waals surface area contributed by atoms with Crippen molar-refractivity contribution >= 4 is 29.4 Å². The summed E-state index contributed by atoms with van der Waals surface area (Å²) in [4.78, 5) is 45.9. The molecule has 1 atom stereocenters. The number of aromatic nitrogens is 1. The quantitative estimate of drug-likeness (QED) is 0.693. The first kappa shape index (κ1) is 24.9. The van der Waals surface area contributed by atoms with Crippen LogP contribution in [0.2, 0.25) is 0 Å². The Kier molecular flexibility index (Phi) is 8.00. The predicted octanol–water partition coefficient (Wildman–Crippen LogP) is 2.51. The second kappa shape index (κ2) is 10.9. The Hall–Kier alpha value is -3.73. The molecule has 34 heavy (non-hydrogen) atoms. The van der Waals surface area contributed by atoms with E-state index in [1.807, 2.05) is 11.8 Å². The molecule has 4 amide bonds. The van der Waals surface area contributed by atoms with Crippen LogP contribution in [0.15, 0.2) is 36.5 Å². The highest BCUT2D eigenvalue weighted by Gasteiger charge is 2.37. The topological polar surface area (TPSA) is 107 Å². The van der Waals surface area contributed by atoms with Crippen LogP contribution < -0.4 is 10.6 Å². The average molecular weight is 473 g/mol. The number of aryl methyl sites for hydroxylation is 1. The lowest BCUT2D eigenvalue weighted by Gasteiger charge is -2.40. The Morgan fingerprint density at radius 3 is 2.59 bits per heavy atom. The summed E-state index contributed by atoms with van der Waals surface area (Å²) in [6.45, 7) is 2.97. The number of urea groups is 1. The van der Waals surface area contributed by atoms with Gasteiger partial charge >= 0.3 is 12.1 Å². The van der Waals surface area contributed by atoms with E-state index >= 15 is 4.39 Å². The molecule has 1 aliphatic rings. The van der Waals surface area contributed by atoms with Crippen LogP contribution in [0.4, 0.5) is 25.4 Å². The molecule has 0 saturated carbocycles. The number of likely N-dealkylation sites (N-methyl/N-ethyl adjacent to an activating group) is 1. The van der Waals surface area contributed by atoms with Gasteiger partial charge in [0.1, 0.15) is 6.04 Å². The molecule has 0 bridgehead atoms. The van der Waals surface area contributed by atoms with Crippen molar-refractivity contribution in [1.82, 2.24) is 19.7 Å². The van der Waals surface area contributed by atoms with Gasteiger partial charge in [-0.3, -0.25) is 19.6 Å². The summed E-state index contributed by atoms with van der Waals surface area (Å²) in [5.74, 6) is -0.807. The van der Waals surface area contributed by atoms with E-state index in [1.165, 1.54) is 29.2 Å². The molecule has 1 saturated heterocycles. The first-order valence-corrected chi connectivity index (χ1v) is 10.8. The van der Waals surface area contributed by atoms with E-state index in [1.54, 1.807) is 38.4 Å². The van der Waals surface area contributed by atoms with E-state index in [-0.39, 0.29) is 31.2 Å². The third-order valence-corrected chi connectivity index (χ3v) is 5.49. The van der Waals surface area contributed by atoms with Gasteiger partial charge in [-0.15, -0.1) is 0 Å². The zero-order chi connectivity index (χ0) is 24.8. The van der Waals surface area contributed by atoms with E-state index in [4.69, 9.17) is 4.74 Å². The summed E-state index contributed by atoms with van der Waals surface area (Å²) in [5.41, 5.74) is 1.69. The second-order valence-corrected chi connectivity index (χ2v) is 8.19. The number of nitrogens with zero attached hydrogens (tertiary/aromatic N) is 4. The summed E-state index contributed by atoms with van der Waals surface area (Å²) in [6.07, 6.45) is 0.938. The summed E-state index contributed by atoms with van der Waals surface area (Å²) in [5, 5.41) is 5.14. The highest BCUT2D eigenvalue weighted by molar-refractivity contribution is 5.99. The molecule has 10 nitrogen and oxygen atoms in total. The molecule has 1 aliphatic heterocycles. The molecule has 2 heterocycles. The zero-order valence-electron chi connectivity index (χ0n) is 19.7. The third-order valence-electron chi connectivity index (χ3n) is 5.49. The smallest absolute Gasteiger partial charge is 0.410 e. The molecule has 3 rings (SSSR count). The van der Waals surface area contributed by atoms with Gasteiger partial charge in [0.25, 0.3) is 0 Å². The monoisotopic (exact) mass is 472 g/mol. The van der Waals surface area contributed by atoms with E-state index in [0.717, 1.165) is 5.69 Å². The number of pyridine rings is 1. The minimum absolute atomic E-state index is 0.0317. The standard InChI is InChI=1S/C23H29FN6O4/c1-15-8-9-17(12-25-15)26-22(32)27-18-7-5-6-16(20(18)24)13-29-10-11-30(23(33)34-4)19(14-29)21(31)28(2)3/h5-9,12,19H,10-11,13-14H2,1-4H3,(H2,26,27,32)/t19-/m0/s1. The maximum absolute atomic E-state index is 15.2. The Morgan fingerprint density at radius 1 is 1.18 bits per heavy atom. The lowest BCUT2D eigenvalue weighted by atomic mass is 10.1. The minimum atomic E-state index is -0.741. The van der Waals surface area contributed by atoms with Crippen LogP contribution >= 0.6 is 0 Å². The summed E-state index contributed by atoms with van der Waals surface area (Å²) < 4.78 is 20.0. The van der Waals surface area contributed by atoms with Gasteiger partial charge in [0.15, 0.2) is 5.82 Å². The molecule has 2 aromatic rings. The molecule has 1 aromatic heterocycles. The Balaban J connectivity index is 1.69. The van der Waals surface area contributed by atoms with Crippen molar-refractivity contribution in [3.8, 4) is 0 Å². The van der Waals surface area contributed by atoms with Crippen molar-refractivity contribution in [1.29, 1.82) is 0 Å². The van der Waals surface area contributed by atoms with Gasteiger partial charge in [-0.1, -0.05) is 12.1 Å². The molecule has 1 aromatic carbocycles. The predicted molar refractivity (Wildman–Crippen MR) is 125 cm³/mol. The van der Waals surface area contributed by atoms with Crippen LogP contribution in [0.3, 0.4) is 0 Å². The third kappa shape index (κ3) is 5.98. The van der Waals surface area contributed by atoms with Gasteiger partial charge in [0, 0.05) is 51.5 Å².